The lowest BCUT2D eigenvalue weighted by molar-refractivity contribution is -0.376. The fraction of sp³-hybridized carbons (Fsp3) is 0.824. The Morgan fingerprint density at radius 1 is 0.574 bits per heavy atom. The molecule has 2 saturated heterocycles. The summed E-state index contributed by atoms with van der Waals surface area (Å²) in [5, 5.41) is 61.5. The van der Waals surface area contributed by atoms with E-state index in [1.165, 1.54) is 31.4 Å². The highest BCUT2D eigenvalue weighted by Crippen LogP contribution is 2.31. The van der Waals surface area contributed by atoms with Gasteiger partial charge in [0.25, 0.3) is 0 Å². The summed E-state index contributed by atoms with van der Waals surface area (Å²) in [6, 6.07) is 0. The van der Waals surface area contributed by atoms with Gasteiger partial charge in [-0.3, -0.25) is 0 Å². The zero-order valence-electron chi connectivity index (χ0n) is 27.9. The molecule has 47 heavy (non-hydrogen) atoms. The number of carbonyl (C=O) groups excluding carboxylic acids is 2. The minimum atomic E-state index is -1.81. The van der Waals surface area contributed by atoms with Crippen LogP contribution in [0.4, 0.5) is 0 Å². The molecule has 0 saturated carbocycles. The molecular weight excluding hydrogens is 616 g/mol. The van der Waals surface area contributed by atoms with Crippen molar-refractivity contribution in [3.05, 3.63) is 24.3 Å². The van der Waals surface area contributed by atoms with E-state index < -0.39 is 86.6 Å². The number of unbranched alkanes of at least 4 members (excludes halogenated alkanes) is 12. The quantitative estimate of drug-likeness (QED) is 0.0556. The van der Waals surface area contributed by atoms with Gasteiger partial charge in [0.2, 0.25) is 0 Å². The van der Waals surface area contributed by atoms with Gasteiger partial charge in [-0.1, -0.05) is 90.2 Å². The number of aliphatic hydroxyl groups is 6. The van der Waals surface area contributed by atoms with Crippen molar-refractivity contribution in [1.82, 2.24) is 0 Å². The number of aliphatic hydroxyl groups excluding tert-OH is 6. The third kappa shape index (κ3) is 14.2. The van der Waals surface area contributed by atoms with Crippen molar-refractivity contribution in [1.29, 1.82) is 0 Å². The predicted molar refractivity (Wildman–Crippen MR) is 171 cm³/mol. The Morgan fingerprint density at radius 3 is 1.53 bits per heavy atom. The van der Waals surface area contributed by atoms with Gasteiger partial charge in [0.15, 0.2) is 24.8 Å². The molecule has 2 aliphatic rings. The highest BCUT2D eigenvalue weighted by Gasteiger charge is 2.52. The Morgan fingerprint density at radius 2 is 1.02 bits per heavy atom. The fourth-order valence-corrected chi connectivity index (χ4v) is 5.53. The maximum Gasteiger partial charge on any atom is 0.330 e. The second-order valence-corrected chi connectivity index (χ2v) is 12.3. The van der Waals surface area contributed by atoms with Crippen LogP contribution >= 0.6 is 0 Å². The predicted octanol–water partition coefficient (Wildman–Crippen LogP) is 2.32. The molecule has 10 atom stereocenters. The van der Waals surface area contributed by atoms with Crippen molar-refractivity contribution in [3.8, 4) is 0 Å². The Labute approximate surface area is 278 Å². The molecule has 13 nitrogen and oxygen atoms in total. The minimum Gasteiger partial charge on any atom is -0.452 e. The monoisotopic (exact) mass is 674 g/mol. The fourth-order valence-electron chi connectivity index (χ4n) is 5.53. The summed E-state index contributed by atoms with van der Waals surface area (Å²) in [7, 11) is 0. The summed E-state index contributed by atoms with van der Waals surface area (Å²) >= 11 is 0. The van der Waals surface area contributed by atoms with E-state index in [4.69, 9.17) is 23.7 Å². The van der Waals surface area contributed by atoms with E-state index in [1.807, 2.05) is 0 Å². The molecule has 0 spiro atoms. The Hall–Kier alpha value is -1.94. The number of allylic oxidation sites excluding steroid dienone is 2. The molecule has 2 heterocycles. The van der Waals surface area contributed by atoms with E-state index in [-0.39, 0.29) is 0 Å². The highest BCUT2D eigenvalue weighted by molar-refractivity contribution is 5.83. The molecule has 2 aliphatic heterocycles. The summed E-state index contributed by atoms with van der Waals surface area (Å²) in [6.45, 7) is 2.85. The highest BCUT2D eigenvalue weighted by atomic mass is 16.8. The van der Waals surface area contributed by atoms with Crippen LogP contribution in [0.1, 0.15) is 104 Å². The number of carbonyl (C=O) groups is 2. The summed E-state index contributed by atoms with van der Waals surface area (Å²) in [6.07, 6.45) is 4.12. The van der Waals surface area contributed by atoms with Crippen LogP contribution in [0, 0.1) is 0 Å². The van der Waals surface area contributed by atoms with Crippen molar-refractivity contribution in [3.63, 3.8) is 0 Å². The lowest BCUT2D eigenvalue weighted by atomic mass is 9.97. The van der Waals surface area contributed by atoms with Crippen LogP contribution in [-0.4, -0.2) is 117 Å². The zero-order valence-corrected chi connectivity index (χ0v) is 27.9. The van der Waals surface area contributed by atoms with Gasteiger partial charge in [-0.2, -0.15) is 0 Å². The molecule has 0 unspecified atom stereocenters. The van der Waals surface area contributed by atoms with Crippen LogP contribution in [-0.2, 0) is 33.3 Å². The van der Waals surface area contributed by atoms with Crippen LogP contribution in [0.2, 0.25) is 0 Å². The van der Waals surface area contributed by atoms with Gasteiger partial charge in [0.1, 0.15) is 36.6 Å². The lowest BCUT2D eigenvalue weighted by Gasteiger charge is -2.45. The second kappa shape index (κ2) is 23.4. The zero-order chi connectivity index (χ0) is 34.6. The number of hydrogen-bond acceptors (Lipinski definition) is 13. The smallest absolute Gasteiger partial charge is 0.330 e. The molecule has 0 radical (unpaired) electrons. The van der Waals surface area contributed by atoms with Gasteiger partial charge in [-0.15, -0.1) is 0 Å². The summed E-state index contributed by atoms with van der Waals surface area (Å²) in [5.41, 5.74) is 0. The molecular formula is C34H58O13. The van der Waals surface area contributed by atoms with E-state index >= 15 is 0 Å². The summed E-state index contributed by atoms with van der Waals surface area (Å²) in [4.78, 5) is 25.6. The van der Waals surface area contributed by atoms with E-state index in [0.717, 1.165) is 57.8 Å². The van der Waals surface area contributed by atoms with Gasteiger partial charge in [-0.05, 0) is 25.7 Å². The number of hydrogen-bond donors (Lipinski definition) is 6. The molecule has 0 aromatic carbocycles. The van der Waals surface area contributed by atoms with Crippen molar-refractivity contribution < 1.29 is 63.9 Å². The average molecular weight is 675 g/mol. The molecule has 272 valence electrons. The van der Waals surface area contributed by atoms with Crippen molar-refractivity contribution in [2.75, 3.05) is 13.2 Å². The first-order valence-electron chi connectivity index (χ1n) is 17.3. The van der Waals surface area contributed by atoms with Gasteiger partial charge in [0.05, 0.1) is 13.2 Å². The molecule has 0 aromatic heterocycles. The maximum atomic E-state index is 12.8. The third-order valence-corrected chi connectivity index (χ3v) is 8.37. The Bertz CT molecular complexity index is 926. The molecule has 0 bridgehead atoms. The minimum absolute atomic E-state index is 0.640. The van der Waals surface area contributed by atoms with Crippen LogP contribution in [0.25, 0.3) is 0 Å². The Kier molecular flexibility index (Phi) is 20.5. The maximum absolute atomic E-state index is 12.8. The van der Waals surface area contributed by atoms with Gasteiger partial charge >= 0.3 is 11.9 Å². The molecule has 0 aliphatic carbocycles. The van der Waals surface area contributed by atoms with Crippen molar-refractivity contribution in [2.24, 2.45) is 0 Å². The van der Waals surface area contributed by atoms with E-state index in [1.54, 1.807) is 12.2 Å². The average Bonchev–Trinajstić information content (AvgIpc) is 3.06. The molecule has 2 rings (SSSR count). The van der Waals surface area contributed by atoms with Crippen molar-refractivity contribution >= 4 is 11.9 Å². The first-order chi connectivity index (χ1) is 22.7. The number of ether oxygens (including phenoxy) is 5. The number of esters is 2. The molecule has 2 fully saturated rings. The van der Waals surface area contributed by atoms with Crippen molar-refractivity contribution in [2.45, 2.75) is 165 Å². The topological polar surface area (TPSA) is 202 Å². The third-order valence-electron chi connectivity index (χ3n) is 8.37. The van der Waals surface area contributed by atoms with Gasteiger partial charge in [0, 0.05) is 12.2 Å². The van der Waals surface area contributed by atoms with E-state index in [9.17, 15) is 40.2 Å². The second-order valence-electron chi connectivity index (χ2n) is 12.3. The van der Waals surface area contributed by atoms with Gasteiger partial charge in [-0.25, -0.2) is 9.59 Å². The molecule has 13 heteroatoms. The van der Waals surface area contributed by atoms with Gasteiger partial charge < -0.3 is 54.3 Å². The standard InChI is InChI=1S/C34H58O13/c1-3-5-7-9-11-13-15-17-19-25(37)45-31-24(22-36)44-34(47-33-29(41)28(40)27(39)23(21-35)43-33)30(42)32(31)46-26(38)20-18-16-14-12-10-8-6-4-2/h17-20,23-24,27-36,39-42H,3-16,21-22H2,1-2H3/t23-,24-,27-,28+,29-,30-,31-,32-,33-,34-/m1/s1. The molecule has 0 amide bonds. The number of rotatable bonds is 22. The van der Waals surface area contributed by atoms with Crippen LogP contribution < -0.4 is 0 Å². The lowest BCUT2D eigenvalue weighted by Crippen LogP contribution is -2.64. The first-order valence-corrected chi connectivity index (χ1v) is 17.3. The first kappa shape index (κ1) is 41.2. The largest absolute Gasteiger partial charge is 0.452 e. The molecule has 0 aromatic rings. The van der Waals surface area contributed by atoms with E-state index in [0.29, 0.717) is 12.8 Å². The summed E-state index contributed by atoms with van der Waals surface area (Å²) < 4.78 is 27.7. The Balaban J connectivity index is 2.12. The van der Waals surface area contributed by atoms with Crippen LogP contribution in [0.5, 0.6) is 0 Å². The van der Waals surface area contributed by atoms with Crippen LogP contribution in [0.15, 0.2) is 24.3 Å². The van der Waals surface area contributed by atoms with E-state index in [2.05, 4.69) is 13.8 Å². The molecule has 6 N–H and O–H groups in total. The SMILES string of the molecule is CCCCCCCCC=CC(=O)O[C@@H]1[C@@H](O)[C@@H](O[C@H]2O[C@H](CO)[C@@H](O)[C@H](O)[C@H]2O)O[C@H](CO)[C@H]1OC(=O)C=CCCCCCCCC. The summed E-state index contributed by atoms with van der Waals surface area (Å²) in [5.74, 6) is -1.62. The normalized spacial score (nSPS) is 31.4. The van der Waals surface area contributed by atoms with Crippen LogP contribution in [0.3, 0.4) is 0 Å².